The Morgan fingerprint density at radius 1 is 1.33 bits per heavy atom. The number of carbonyl (C=O) groups excluding carboxylic acids is 1. The van der Waals surface area contributed by atoms with Crippen molar-refractivity contribution in [1.82, 2.24) is 0 Å². The van der Waals surface area contributed by atoms with Crippen LogP contribution in [-0.4, -0.2) is 32.6 Å². The van der Waals surface area contributed by atoms with E-state index in [0.29, 0.717) is 5.56 Å². The lowest BCUT2D eigenvalue weighted by Gasteiger charge is -2.29. The molecule has 134 valence electrons. The van der Waals surface area contributed by atoms with Gasteiger partial charge >= 0.3 is 21.6 Å². The van der Waals surface area contributed by atoms with Crippen molar-refractivity contribution in [3.05, 3.63) is 23.8 Å². The summed E-state index contributed by atoms with van der Waals surface area (Å²) in [6.07, 6.45) is 0.0237. The van der Waals surface area contributed by atoms with E-state index in [-0.39, 0.29) is 18.1 Å². The van der Waals surface area contributed by atoms with Crippen LogP contribution in [-0.2, 0) is 26.1 Å². The number of fused-ring (bicyclic) bond motifs is 1. The highest BCUT2D eigenvalue weighted by molar-refractivity contribution is 7.88. The lowest BCUT2D eigenvalue weighted by Crippen LogP contribution is -2.49. The number of halogens is 3. The van der Waals surface area contributed by atoms with Gasteiger partial charge in [0.2, 0.25) is 5.60 Å². The molecule has 0 unspecified atom stereocenters. The number of ether oxygens (including phenoxy) is 2. The molecule has 6 nitrogen and oxygen atoms in total. The van der Waals surface area contributed by atoms with Gasteiger partial charge in [0.05, 0.1) is 7.11 Å². The van der Waals surface area contributed by atoms with Crippen molar-refractivity contribution in [2.24, 2.45) is 5.92 Å². The van der Waals surface area contributed by atoms with Crippen molar-refractivity contribution in [2.75, 3.05) is 7.11 Å². The highest BCUT2D eigenvalue weighted by Crippen LogP contribution is 2.42. The number of esters is 1. The number of carbonyl (C=O) groups is 1. The van der Waals surface area contributed by atoms with Crippen LogP contribution < -0.4 is 8.92 Å². The molecular weight excluding hydrogens is 353 g/mol. The Morgan fingerprint density at radius 3 is 2.46 bits per heavy atom. The Labute approximate surface area is 136 Å². The van der Waals surface area contributed by atoms with E-state index in [1.165, 1.54) is 13.2 Å². The van der Waals surface area contributed by atoms with Gasteiger partial charge in [0, 0.05) is 17.9 Å². The van der Waals surface area contributed by atoms with Crippen LogP contribution in [0, 0.1) is 5.92 Å². The van der Waals surface area contributed by atoms with Crippen LogP contribution in [0.15, 0.2) is 18.2 Å². The standard InChI is InChI=1S/C14H15F3O6S/c1-8(2)13(12(18)21-3)7-9-6-10(4-5-11(9)22-13)23-24(19,20)14(15,16)17/h4-6,8H,7H2,1-3H3/t13-/m1/s1. The zero-order chi connectivity index (χ0) is 18.3. The number of hydrogen-bond donors (Lipinski definition) is 0. The average molecular weight is 368 g/mol. The maximum absolute atomic E-state index is 12.4. The van der Waals surface area contributed by atoms with Gasteiger partial charge in [-0.1, -0.05) is 13.8 Å². The summed E-state index contributed by atoms with van der Waals surface area (Å²) in [7, 11) is -4.57. The summed E-state index contributed by atoms with van der Waals surface area (Å²) < 4.78 is 73.7. The fourth-order valence-corrected chi connectivity index (χ4v) is 2.83. The number of benzene rings is 1. The maximum atomic E-state index is 12.4. The summed E-state index contributed by atoms with van der Waals surface area (Å²) >= 11 is 0. The first-order valence-corrected chi connectivity index (χ1v) is 8.25. The molecule has 1 atom stereocenters. The first kappa shape index (κ1) is 18.4. The highest BCUT2D eigenvalue weighted by Gasteiger charge is 2.51. The Kier molecular flexibility index (Phi) is 4.47. The molecule has 1 aromatic carbocycles. The molecule has 0 fully saturated rings. The largest absolute Gasteiger partial charge is 0.534 e. The Bertz CT molecular complexity index is 756. The van der Waals surface area contributed by atoms with Crippen molar-refractivity contribution in [3.63, 3.8) is 0 Å². The third-order valence-corrected chi connectivity index (χ3v) is 4.71. The van der Waals surface area contributed by atoms with Crippen LogP contribution in [0.5, 0.6) is 11.5 Å². The number of hydrogen-bond acceptors (Lipinski definition) is 6. The SMILES string of the molecule is COC(=O)[C@]1(C(C)C)Cc2cc(OS(=O)(=O)C(F)(F)F)ccc2O1. The second kappa shape index (κ2) is 5.83. The minimum atomic E-state index is -5.77. The van der Waals surface area contributed by atoms with Crippen molar-refractivity contribution in [3.8, 4) is 11.5 Å². The van der Waals surface area contributed by atoms with E-state index < -0.39 is 32.9 Å². The van der Waals surface area contributed by atoms with Gasteiger partial charge < -0.3 is 13.7 Å². The molecule has 0 aliphatic carbocycles. The first-order valence-electron chi connectivity index (χ1n) is 6.84. The molecule has 0 bridgehead atoms. The lowest BCUT2D eigenvalue weighted by molar-refractivity contribution is -0.161. The van der Waals surface area contributed by atoms with Crippen LogP contribution >= 0.6 is 0 Å². The predicted octanol–water partition coefficient (Wildman–Crippen LogP) is 2.42. The fourth-order valence-electron chi connectivity index (χ4n) is 2.38. The Morgan fingerprint density at radius 2 is 1.96 bits per heavy atom. The lowest BCUT2D eigenvalue weighted by atomic mass is 9.86. The Hall–Kier alpha value is -1.97. The number of rotatable bonds is 4. The zero-order valence-electron chi connectivity index (χ0n) is 13.0. The molecule has 1 aromatic rings. The molecule has 0 aromatic heterocycles. The minimum absolute atomic E-state index is 0.0237. The van der Waals surface area contributed by atoms with Crippen molar-refractivity contribution in [1.29, 1.82) is 0 Å². The smallest absolute Gasteiger partial charge is 0.475 e. The van der Waals surface area contributed by atoms with Crippen LogP contribution in [0.2, 0.25) is 0 Å². The minimum Gasteiger partial charge on any atom is -0.475 e. The summed E-state index contributed by atoms with van der Waals surface area (Å²) in [5.74, 6) is -1.18. The fraction of sp³-hybridized carbons (Fsp3) is 0.500. The molecule has 24 heavy (non-hydrogen) atoms. The number of methoxy groups -OCH3 is 1. The molecule has 0 amide bonds. The van der Waals surface area contributed by atoms with E-state index in [2.05, 4.69) is 4.18 Å². The molecule has 2 rings (SSSR count). The maximum Gasteiger partial charge on any atom is 0.534 e. The van der Waals surface area contributed by atoms with Gasteiger partial charge in [-0.3, -0.25) is 0 Å². The van der Waals surface area contributed by atoms with Crippen LogP contribution in [0.3, 0.4) is 0 Å². The highest BCUT2D eigenvalue weighted by atomic mass is 32.2. The van der Waals surface area contributed by atoms with Gasteiger partial charge in [-0.25, -0.2) is 4.79 Å². The second-order valence-corrected chi connectivity index (χ2v) is 7.11. The van der Waals surface area contributed by atoms with Gasteiger partial charge in [0.15, 0.2) is 0 Å². The van der Waals surface area contributed by atoms with Gasteiger partial charge in [0.25, 0.3) is 0 Å². The van der Waals surface area contributed by atoms with Gasteiger partial charge in [-0.05, 0) is 18.2 Å². The molecule has 0 saturated heterocycles. The Balaban J connectivity index is 2.34. The van der Waals surface area contributed by atoms with Crippen molar-refractivity contribution in [2.45, 2.75) is 31.4 Å². The average Bonchev–Trinajstić information content (AvgIpc) is 2.84. The van der Waals surface area contributed by atoms with E-state index in [9.17, 15) is 26.4 Å². The number of alkyl halides is 3. The van der Waals surface area contributed by atoms with E-state index in [4.69, 9.17) is 9.47 Å². The summed E-state index contributed by atoms with van der Waals surface area (Å²) in [6.45, 7) is 3.46. The van der Waals surface area contributed by atoms with Gasteiger partial charge in [-0.2, -0.15) is 21.6 Å². The zero-order valence-corrected chi connectivity index (χ0v) is 13.8. The third-order valence-electron chi connectivity index (χ3n) is 3.73. The van der Waals surface area contributed by atoms with E-state index >= 15 is 0 Å². The predicted molar refractivity (Wildman–Crippen MR) is 76.0 cm³/mol. The molecule has 1 aliphatic heterocycles. The molecule has 1 heterocycles. The first-order chi connectivity index (χ1) is 10.9. The van der Waals surface area contributed by atoms with Crippen LogP contribution in [0.25, 0.3) is 0 Å². The van der Waals surface area contributed by atoms with E-state index in [1.54, 1.807) is 13.8 Å². The molecule has 1 aliphatic rings. The van der Waals surface area contributed by atoms with Gasteiger partial charge in [0.1, 0.15) is 11.5 Å². The second-order valence-electron chi connectivity index (χ2n) is 5.57. The van der Waals surface area contributed by atoms with Crippen molar-refractivity contribution >= 4 is 16.1 Å². The summed E-state index contributed by atoms with van der Waals surface area (Å²) in [4.78, 5) is 12.1. The molecular formula is C14H15F3O6S. The van der Waals surface area contributed by atoms with Gasteiger partial charge in [-0.15, -0.1) is 0 Å². The normalized spacial score (nSPS) is 20.5. The quantitative estimate of drug-likeness (QED) is 0.461. The molecule has 0 N–H and O–H groups in total. The van der Waals surface area contributed by atoms with E-state index in [1.807, 2.05) is 0 Å². The molecule has 0 radical (unpaired) electrons. The molecule has 10 heteroatoms. The van der Waals surface area contributed by atoms with Crippen LogP contribution in [0.1, 0.15) is 19.4 Å². The summed E-state index contributed by atoms with van der Waals surface area (Å²) in [6, 6.07) is 3.38. The summed E-state index contributed by atoms with van der Waals surface area (Å²) in [5.41, 5.74) is -6.50. The third kappa shape index (κ3) is 3.02. The monoisotopic (exact) mass is 368 g/mol. The summed E-state index contributed by atoms with van der Waals surface area (Å²) in [5, 5.41) is 0. The van der Waals surface area contributed by atoms with Crippen molar-refractivity contribution < 1.29 is 40.0 Å². The molecule has 0 spiro atoms. The van der Waals surface area contributed by atoms with E-state index in [0.717, 1.165) is 12.1 Å². The topological polar surface area (TPSA) is 78.9 Å². The van der Waals surface area contributed by atoms with Crippen LogP contribution in [0.4, 0.5) is 13.2 Å². The molecule has 0 saturated carbocycles.